The van der Waals surface area contributed by atoms with E-state index in [1.165, 1.54) is 16.1 Å². The molecule has 1 N–H and O–H groups in total. The van der Waals surface area contributed by atoms with Crippen molar-refractivity contribution in [1.82, 2.24) is 15.1 Å². The molecule has 0 bridgehead atoms. The molecule has 0 aliphatic rings. The molecule has 2 rings (SSSR count). The molecule has 0 saturated carbocycles. The molecular formula is C11H15N3S. The summed E-state index contributed by atoms with van der Waals surface area (Å²) in [5.41, 5.74) is 2.50. The van der Waals surface area contributed by atoms with Crippen LogP contribution in [-0.4, -0.2) is 16.8 Å². The predicted molar refractivity (Wildman–Crippen MR) is 63.2 cm³/mol. The van der Waals surface area contributed by atoms with Crippen LogP contribution in [-0.2, 0) is 7.05 Å². The highest BCUT2D eigenvalue weighted by atomic mass is 32.1. The number of aryl methyl sites for hydroxylation is 2. The highest BCUT2D eigenvalue weighted by Gasteiger charge is 2.15. The van der Waals surface area contributed by atoms with Crippen LogP contribution in [0, 0.1) is 6.92 Å². The molecule has 0 spiro atoms. The van der Waals surface area contributed by atoms with Crippen LogP contribution in [0.1, 0.15) is 22.2 Å². The third-order valence-corrected chi connectivity index (χ3v) is 3.41. The largest absolute Gasteiger partial charge is 0.308 e. The summed E-state index contributed by atoms with van der Waals surface area (Å²) in [5, 5.41) is 9.72. The van der Waals surface area contributed by atoms with E-state index >= 15 is 0 Å². The minimum absolute atomic E-state index is 0.238. The van der Waals surface area contributed by atoms with E-state index < -0.39 is 0 Å². The molecule has 4 heteroatoms. The van der Waals surface area contributed by atoms with Crippen molar-refractivity contribution >= 4 is 11.3 Å². The Balaban J connectivity index is 2.36. The number of hydrogen-bond donors (Lipinski definition) is 1. The van der Waals surface area contributed by atoms with Gasteiger partial charge >= 0.3 is 0 Å². The maximum atomic E-state index is 4.20. The molecule has 3 nitrogen and oxygen atoms in total. The standard InChI is InChI=1S/C11H15N3S/c1-8-6-9(7-15-8)11(12-2)10-4-5-13-14(10)3/h4-7,11-12H,1-3H3. The lowest BCUT2D eigenvalue weighted by molar-refractivity contribution is 0.607. The third kappa shape index (κ3) is 1.96. The Morgan fingerprint density at radius 2 is 2.33 bits per heavy atom. The summed E-state index contributed by atoms with van der Waals surface area (Å²) < 4.78 is 1.91. The molecule has 0 fully saturated rings. The van der Waals surface area contributed by atoms with E-state index in [4.69, 9.17) is 0 Å². The van der Waals surface area contributed by atoms with Crippen LogP contribution in [0.3, 0.4) is 0 Å². The molecular weight excluding hydrogens is 206 g/mol. The molecule has 1 unspecified atom stereocenters. The van der Waals surface area contributed by atoms with Gasteiger partial charge in [-0.25, -0.2) is 0 Å². The Hall–Kier alpha value is -1.13. The predicted octanol–water partition coefficient (Wildman–Crippen LogP) is 2.10. The molecule has 80 valence electrons. The van der Waals surface area contributed by atoms with Crippen LogP contribution in [0.4, 0.5) is 0 Å². The van der Waals surface area contributed by atoms with Gasteiger partial charge in [-0.3, -0.25) is 4.68 Å². The third-order valence-electron chi connectivity index (χ3n) is 2.53. The van der Waals surface area contributed by atoms with Gasteiger partial charge in [0.25, 0.3) is 0 Å². The van der Waals surface area contributed by atoms with E-state index in [0.717, 1.165) is 0 Å². The fraction of sp³-hybridized carbons (Fsp3) is 0.364. The summed E-state index contributed by atoms with van der Waals surface area (Å²) in [6, 6.07) is 4.51. The average molecular weight is 221 g/mol. The average Bonchev–Trinajstić information content (AvgIpc) is 2.79. The topological polar surface area (TPSA) is 29.9 Å². The van der Waals surface area contributed by atoms with Crippen molar-refractivity contribution < 1.29 is 0 Å². The van der Waals surface area contributed by atoms with Crippen LogP contribution in [0.2, 0.25) is 0 Å². The number of rotatable bonds is 3. The first-order valence-electron chi connectivity index (χ1n) is 4.92. The second-order valence-corrected chi connectivity index (χ2v) is 4.71. The van der Waals surface area contributed by atoms with E-state index in [-0.39, 0.29) is 6.04 Å². The van der Waals surface area contributed by atoms with Gasteiger partial charge in [-0.05, 0) is 37.0 Å². The summed E-state index contributed by atoms with van der Waals surface area (Å²) in [5.74, 6) is 0. The molecule has 2 aromatic rings. The highest BCUT2D eigenvalue weighted by Crippen LogP contribution is 2.25. The first-order valence-corrected chi connectivity index (χ1v) is 5.80. The monoisotopic (exact) mass is 221 g/mol. The van der Waals surface area contributed by atoms with Crippen molar-refractivity contribution in [2.75, 3.05) is 7.05 Å². The molecule has 0 radical (unpaired) electrons. The van der Waals surface area contributed by atoms with Crippen LogP contribution >= 0.6 is 11.3 Å². The van der Waals surface area contributed by atoms with Gasteiger partial charge in [0.1, 0.15) is 0 Å². The Morgan fingerprint density at radius 1 is 1.53 bits per heavy atom. The maximum Gasteiger partial charge on any atom is 0.0753 e. The minimum Gasteiger partial charge on any atom is -0.308 e. The van der Waals surface area contributed by atoms with Crippen molar-refractivity contribution in [2.24, 2.45) is 7.05 Å². The lowest BCUT2D eigenvalue weighted by Crippen LogP contribution is -2.19. The zero-order chi connectivity index (χ0) is 10.8. The van der Waals surface area contributed by atoms with Crippen LogP contribution in [0.25, 0.3) is 0 Å². The van der Waals surface area contributed by atoms with Crippen LogP contribution in [0.5, 0.6) is 0 Å². The molecule has 0 aromatic carbocycles. The molecule has 15 heavy (non-hydrogen) atoms. The zero-order valence-corrected chi connectivity index (χ0v) is 10.0. The molecule has 0 saturated heterocycles. The van der Waals surface area contributed by atoms with Gasteiger partial charge < -0.3 is 5.32 Å². The van der Waals surface area contributed by atoms with Crippen LogP contribution < -0.4 is 5.32 Å². The summed E-state index contributed by atoms with van der Waals surface area (Å²) >= 11 is 1.78. The van der Waals surface area contributed by atoms with E-state index in [9.17, 15) is 0 Å². The second kappa shape index (κ2) is 4.16. The maximum absolute atomic E-state index is 4.20. The van der Waals surface area contributed by atoms with E-state index in [1.54, 1.807) is 11.3 Å². The van der Waals surface area contributed by atoms with E-state index in [2.05, 4.69) is 28.8 Å². The van der Waals surface area contributed by atoms with Crippen molar-refractivity contribution in [2.45, 2.75) is 13.0 Å². The molecule has 0 aliphatic heterocycles. The first kappa shape index (κ1) is 10.4. The highest BCUT2D eigenvalue weighted by molar-refractivity contribution is 7.10. The summed E-state index contributed by atoms with van der Waals surface area (Å²) in [6.45, 7) is 2.13. The Morgan fingerprint density at radius 3 is 2.80 bits per heavy atom. The minimum atomic E-state index is 0.238. The number of aromatic nitrogens is 2. The van der Waals surface area contributed by atoms with Crippen molar-refractivity contribution in [3.63, 3.8) is 0 Å². The van der Waals surface area contributed by atoms with Gasteiger partial charge in [0.2, 0.25) is 0 Å². The van der Waals surface area contributed by atoms with Gasteiger partial charge in [-0.15, -0.1) is 11.3 Å². The first-order chi connectivity index (χ1) is 7.22. The van der Waals surface area contributed by atoms with Gasteiger partial charge in [0.05, 0.1) is 11.7 Å². The van der Waals surface area contributed by atoms with Gasteiger partial charge in [-0.1, -0.05) is 0 Å². The van der Waals surface area contributed by atoms with Crippen molar-refractivity contribution in [3.05, 3.63) is 39.8 Å². The number of nitrogens with zero attached hydrogens (tertiary/aromatic N) is 2. The number of hydrogen-bond acceptors (Lipinski definition) is 3. The van der Waals surface area contributed by atoms with Crippen molar-refractivity contribution in [1.29, 1.82) is 0 Å². The quantitative estimate of drug-likeness (QED) is 0.860. The Labute approximate surface area is 93.7 Å². The Bertz CT molecular complexity index is 444. The normalized spacial score (nSPS) is 13.0. The van der Waals surface area contributed by atoms with E-state index in [1.807, 2.05) is 31.0 Å². The second-order valence-electron chi connectivity index (χ2n) is 3.59. The van der Waals surface area contributed by atoms with Gasteiger partial charge in [-0.2, -0.15) is 5.10 Å². The zero-order valence-electron chi connectivity index (χ0n) is 9.19. The lowest BCUT2D eigenvalue weighted by Gasteiger charge is -2.15. The van der Waals surface area contributed by atoms with Crippen LogP contribution in [0.15, 0.2) is 23.7 Å². The molecule has 2 aromatic heterocycles. The molecule has 0 aliphatic carbocycles. The SMILES string of the molecule is CNC(c1csc(C)c1)c1ccnn1C. The smallest absolute Gasteiger partial charge is 0.0753 e. The summed E-state index contributed by atoms with van der Waals surface area (Å²) in [6.07, 6.45) is 1.83. The number of thiophene rings is 1. The van der Waals surface area contributed by atoms with E-state index in [0.29, 0.717) is 0 Å². The van der Waals surface area contributed by atoms with Gasteiger partial charge in [0, 0.05) is 18.1 Å². The summed E-state index contributed by atoms with van der Waals surface area (Å²) in [4.78, 5) is 1.34. The molecule has 1 atom stereocenters. The Kier molecular flexibility index (Phi) is 2.88. The van der Waals surface area contributed by atoms with Crippen molar-refractivity contribution in [3.8, 4) is 0 Å². The fourth-order valence-electron chi connectivity index (χ4n) is 1.77. The lowest BCUT2D eigenvalue weighted by atomic mass is 10.1. The summed E-state index contributed by atoms with van der Waals surface area (Å²) in [7, 11) is 3.95. The fourth-order valence-corrected chi connectivity index (χ4v) is 2.50. The molecule has 0 amide bonds. The number of nitrogens with one attached hydrogen (secondary N) is 1. The van der Waals surface area contributed by atoms with Gasteiger partial charge in [0.15, 0.2) is 0 Å². The molecule has 2 heterocycles.